The Morgan fingerprint density at radius 1 is 1.07 bits per heavy atom. The standard InChI is InChI=1S/C34H34FN5O3S/c1-21-17-26(30(37-18-21)39-19-34(20-39)12-15-43-16-13-34)31(41)38-23-9-7-22(8-10-23)33(42)40-14-11-25-28(35)32(36-2)44-29(25)24-5-3-4-6-27(24)40/h3-10,17-18,36H,11-16,19-20H2,1-2H3,(H,38,41). The van der Waals surface area contributed by atoms with E-state index in [2.05, 4.69) is 20.5 Å². The lowest BCUT2D eigenvalue weighted by molar-refractivity contribution is -0.000509. The van der Waals surface area contributed by atoms with Crippen LogP contribution in [0.2, 0.25) is 0 Å². The molecule has 2 aromatic carbocycles. The number of nitrogens with one attached hydrogen (secondary N) is 2. The first-order chi connectivity index (χ1) is 21.4. The van der Waals surface area contributed by atoms with Crippen LogP contribution in [0.15, 0.2) is 60.8 Å². The lowest BCUT2D eigenvalue weighted by Crippen LogP contribution is -2.59. The summed E-state index contributed by atoms with van der Waals surface area (Å²) in [6.07, 6.45) is 4.28. The van der Waals surface area contributed by atoms with E-state index >= 15 is 4.39 Å². The summed E-state index contributed by atoms with van der Waals surface area (Å²) in [5.41, 5.74) is 5.00. The topological polar surface area (TPSA) is 86.8 Å². The van der Waals surface area contributed by atoms with E-state index in [-0.39, 0.29) is 23.0 Å². The molecule has 0 atom stereocenters. The summed E-state index contributed by atoms with van der Waals surface area (Å²) in [6, 6.07) is 16.5. The van der Waals surface area contributed by atoms with E-state index in [0.29, 0.717) is 46.2 Å². The SMILES string of the molecule is CNc1sc2c(c1F)CCN(C(=O)c1ccc(NC(=O)c3cc(C)cnc3N3CC4(CCOCC4)C3)cc1)c1ccccc1-2. The molecule has 2 saturated heterocycles. The monoisotopic (exact) mass is 611 g/mol. The molecule has 0 saturated carbocycles. The van der Waals surface area contributed by atoms with E-state index in [9.17, 15) is 9.59 Å². The highest BCUT2D eigenvalue weighted by molar-refractivity contribution is 7.19. The van der Waals surface area contributed by atoms with E-state index in [1.165, 1.54) is 11.3 Å². The number of fused-ring (bicyclic) bond motifs is 3. The Morgan fingerprint density at radius 3 is 2.57 bits per heavy atom. The third-order valence-corrected chi connectivity index (χ3v) is 10.2. The molecule has 2 N–H and O–H groups in total. The molecule has 4 aromatic rings. The predicted octanol–water partition coefficient (Wildman–Crippen LogP) is 6.37. The van der Waals surface area contributed by atoms with E-state index in [0.717, 1.165) is 60.8 Å². The number of nitrogens with zero attached hydrogens (tertiary/aromatic N) is 3. The fraction of sp³-hybridized carbons (Fsp3) is 0.324. The third-order valence-electron chi connectivity index (χ3n) is 8.98. The molecule has 0 aliphatic carbocycles. The Labute approximate surface area is 259 Å². The molecule has 3 aliphatic heterocycles. The van der Waals surface area contributed by atoms with Gasteiger partial charge in [0.15, 0.2) is 5.82 Å². The van der Waals surface area contributed by atoms with Gasteiger partial charge in [-0.2, -0.15) is 0 Å². The number of thiophene rings is 1. The fourth-order valence-corrected chi connectivity index (χ4v) is 7.68. The van der Waals surface area contributed by atoms with Crippen molar-refractivity contribution in [3.63, 3.8) is 0 Å². The van der Waals surface area contributed by atoms with E-state index in [1.807, 2.05) is 37.3 Å². The van der Waals surface area contributed by atoms with Gasteiger partial charge < -0.3 is 25.2 Å². The number of hydrogen-bond donors (Lipinski definition) is 2. The van der Waals surface area contributed by atoms with Gasteiger partial charge in [-0.15, -0.1) is 11.3 Å². The van der Waals surface area contributed by atoms with Gasteiger partial charge in [0.2, 0.25) is 0 Å². The van der Waals surface area contributed by atoms with Crippen LogP contribution in [-0.2, 0) is 11.2 Å². The number of para-hydroxylation sites is 1. The minimum Gasteiger partial charge on any atom is -0.381 e. The van der Waals surface area contributed by atoms with Crippen LogP contribution < -0.4 is 20.4 Å². The Morgan fingerprint density at radius 2 is 1.82 bits per heavy atom. The summed E-state index contributed by atoms with van der Waals surface area (Å²) in [5.74, 6) is 0.0352. The molecule has 0 unspecified atom stereocenters. The van der Waals surface area contributed by atoms with Crippen LogP contribution in [0.1, 0.15) is 44.7 Å². The molecule has 5 heterocycles. The Hall–Kier alpha value is -4.28. The summed E-state index contributed by atoms with van der Waals surface area (Å²) in [7, 11) is 1.72. The minimum atomic E-state index is -0.249. The smallest absolute Gasteiger partial charge is 0.259 e. The van der Waals surface area contributed by atoms with Gasteiger partial charge in [-0.25, -0.2) is 9.37 Å². The van der Waals surface area contributed by atoms with Crippen molar-refractivity contribution >= 4 is 45.3 Å². The second-order valence-corrected chi connectivity index (χ2v) is 12.9. The largest absolute Gasteiger partial charge is 0.381 e. The van der Waals surface area contributed by atoms with Gasteiger partial charge in [0.1, 0.15) is 10.8 Å². The molecule has 7 rings (SSSR count). The number of pyridine rings is 1. The van der Waals surface area contributed by atoms with Gasteiger partial charge in [-0.3, -0.25) is 9.59 Å². The summed E-state index contributed by atoms with van der Waals surface area (Å²) in [6.45, 7) is 5.61. The maximum absolute atomic E-state index is 15.1. The fourth-order valence-electron chi connectivity index (χ4n) is 6.57. The quantitative estimate of drug-likeness (QED) is 0.273. The van der Waals surface area contributed by atoms with Crippen molar-refractivity contribution in [2.75, 3.05) is 60.3 Å². The normalized spacial score (nSPS) is 16.9. The molecule has 0 bridgehead atoms. The number of aromatic nitrogens is 1. The number of rotatable bonds is 5. The zero-order chi connectivity index (χ0) is 30.4. The van der Waals surface area contributed by atoms with Crippen molar-refractivity contribution in [3.05, 3.63) is 88.9 Å². The highest BCUT2D eigenvalue weighted by Crippen LogP contribution is 2.45. The summed E-state index contributed by atoms with van der Waals surface area (Å²) in [5, 5.41) is 6.45. The first-order valence-corrected chi connectivity index (χ1v) is 15.8. The molecule has 3 aliphatic rings. The van der Waals surface area contributed by atoms with Crippen LogP contribution in [0.25, 0.3) is 10.4 Å². The first kappa shape index (κ1) is 28.5. The molecule has 2 fully saturated rings. The van der Waals surface area contributed by atoms with Crippen molar-refractivity contribution in [1.29, 1.82) is 0 Å². The molecule has 226 valence electrons. The molecular formula is C34H34FN5O3S. The molecular weight excluding hydrogens is 577 g/mol. The molecule has 44 heavy (non-hydrogen) atoms. The van der Waals surface area contributed by atoms with Gasteiger partial charge in [0.25, 0.3) is 11.8 Å². The molecule has 2 amide bonds. The van der Waals surface area contributed by atoms with Crippen LogP contribution in [0, 0.1) is 18.2 Å². The molecule has 8 nitrogen and oxygen atoms in total. The first-order valence-electron chi connectivity index (χ1n) is 15.0. The molecule has 10 heteroatoms. The van der Waals surface area contributed by atoms with Crippen molar-refractivity contribution in [1.82, 2.24) is 4.98 Å². The second kappa shape index (κ2) is 11.3. The van der Waals surface area contributed by atoms with Crippen LogP contribution in [0.4, 0.5) is 26.6 Å². The average molecular weight is 612 g/mol. The van der Waals surface area contributed by atoms with Crippen LogP contribution in [0.3, 0.4) is 0 Å². The maximum atomic E-state index is 15.1. The minimum absolute atomic E-state index is 0.176. The zero-order valence-corrected chi connectivity index (χ0v) is 25.6. The van der Waals surface area contributed by atoms with Crippen LogP contribution >= 0.6 is 11.3 Å². The van der Waals surface area contributed by atoms with Gasteiger partial charge in [0.05, 0.1) is 11.3 Å². The van der Waals surface area contributed by atoms with Crippen LogP contribution in [0.5, 0.6) is 0 Å². The predicted molar refractivity (Wildman–Crippen MR) is 173 cm³/mol. The number of anilines is 4. The van der Waals surface area contributed by atoms with E-state index in [4.69, 9.17) is 4.74 Å². The maximum Gasteiger partial charge on any atom is 0.259 e. The Kier molecular flexibility index (Phi) is 7.34. The van der Waals surface area contributed by atoms with Crippen molar-refractivity contribution in [2.24, 2.45) is 5.41 Å². The van der Waals surface area contributed by atoms with E-state index < -0.39 is 0 Å². The number of amides is 2. The Balaban J connectivity index is 1.08. The number of benzene rings is 2. The number of carbonyl (C=O) groups excluding carboxylic acids is 2. The van der Waals surface area contributed by atoms with Crippen molar-refractivity contribution < 1.29 is 18.7 Å². The summed E-state index contributed by atoms with van der Waals surface area (Å²) >= 11 is 1.37. The summed E-state index contributed by atoms with van der Waals surface area (Å²) < 4.78 is 20.7. The van der Waals surface area contributed by atoms with Gasteiger partial charge in [-0.05, 0) is 68.1 Å². The van der Waals surface area contributed by atoms with Crippen molar-refractivity contribution in [2.45, 2.75) is 26.2 Å². The number of hydrogen-bond acceptors (Lipinski definition) is 7. The summed E-state index contributed by atoms with van der Waals surface area (Å²) in [4.78, 5) is 36.7. The van der Waals surface area contributed by atoms with Gasteiger partial charge in [0, 0.05) is 78.8 Å². The average Bonchev–Trinajstić information content (AvgIpc) is 3.25. The second-order valence-electron chi connectivity index (χ2n) is 11.9. The lowest BCUT2D eigenvalue weighted by Gasteiger charge is -2.53. The van der Waals surface area contributed by atoms with E-state index in [1.54, 1.807) is 42.4 Å². The Bertz CT molecular complexity index is 1740. The van der Waals surface area contributed by atoms with Crippen LogP contribution in [-0.4, -0.2) is 56.7 Å². The van der Waals surface area contributed by atoms with Gasteiger partial charge in [-0.1, -0.05) is 18.2 Å². The molecule has 0 radical (unpaired) electrons. The lowest BCUT2D eigenvalue weighted by atomic mass is 9.73. The third kappa shape index (κ3) is 5.01. The molecule has 1 spiro atoms. The molecule has 2 aromatic heterocycles. The zero-order valence-electron chi connectivity index (χ0n) is 24.8. The number of aryl methyl sites for hydroxylation is 1. The highest BCUT2D eigenvalue weighted by atomic mass is 32.1. The number of ether oxygens (including phenoxy) is 1. The highest BCUT2D eigenvalue weighted by Gasteiger charge is 2.45. The van der Waals surface area contributed by atoms with Crippen molar-refractivity contribution in [3.8, 4) is 10.4 Å². The number of halogens is 1. The number of carbonyl (C=O) groups is 2. The van der Waals surface area contributed by atoms with Gasteiger partial charge >= 0.3 is 0 Å².